The molecule has 0 amide bonds. The minimum Gasteiger partial charge on any atom is -0.294 e. The lowest BCUT2D eigenvalue weighted by atomic mass is 9.93. The highest BCUT2D eigenvalue weighted by Gasteiger charge is 2.37. The molecule has 0 N–H and O–H groups in total. The van der Waals surface area contributed by atoms with E-state index in [4.69, 9.17) is 0 Å². The highest BCUT2D eigenvalue weighted by atomic mass is 32.2. The van der Waals surface area contributed by atoms with Crippen LogP contribution in [-0.2, 0) is 9.59 Å². The van der Waals surface area contributed by atoms with E-state index in [1.807, 2.05) is 12.2 Å². The predicted molar refractivity (Wildman–Crippen MR) is 59.4 cm³/mol. The molecule has 0 bridgehead atoms. The Hall–Kier alpha value is -1.35. The molecule has 0 aromatic carbocycles. The van der Waals surface area contributed by atoms with Crippen LogP contribution in [0.3, 0.4) is 0 Å². The third-order valence-corrected chi connectivity index (χ3v) is 3.92. The standard InChI is InChI=1S/C12H8O2S/c1-6(13)12-8-4-7(14)2-3-10(8)15-11-5-9(11)12/h2-5,10H,1H3. The lowest BCUT2D eigenvalue weighted by Gasteiger charge is -2.23. The van der Waals surface area contributed by atoms with Gasteiger partial charge in [0.1, 0.15) is 0 Å². The molecular formula is C12H8O2S. The summed E-state index contributed by atoms with van der Waals surface area (Å²) in [4.78, 5) is 24.0. The molecule has 1 atom stereocenters. The van der Waals surface area contributed by atoms with Gasteiger partial charge in [0.05, 0.1) is 5.25 Å². The van der Waals surface area contributed by atoms with E-state index in [2.05, 4.69) is 0 Å². The minimum absolute atomic E-state index is 0.0229. The van der Waals surface area contributed by atoms with Crippen molar-refractivity contribution in [2.24, 2.45) is 0 Å². The van der Waals surface area contributed by atoms with Crippen molar-refractivity contribution in [3.63, 3.8) is 0 Å². The summed E-state index contributed by atoms with van der Waals surface area (Å²) in [5.74, 6) is 0.0289. The number of hydrogen-bond acceptors (Lipinski definition) is 3. The van der Waals surface area contributed by atoms with Gasteiger partial charge >= 0.3 is 0 Å². The van der Waals surface area contributed by atoms with E-state index in [1.165, 1.54) is 4.91 Å². The molecule has 3 rings (SSSR count). The van der Waals surface area contributed by atoms with Gasteiger partial charge in [0.25, 0.3) is 0 Å². The number of Topliss-reactive ketones (excluding diaryl/α,β-unsaturated/α-hetero) is 1. The molecule has 2 nitrogen and oxygen atoms in total. The van der Waals surface area contributed by atoms with Gasteiger partial charge in [-0.3, -0.25) is 9.59 Å². The van der Waals surface area contributed by atoms with Crippen molar-refractivity contribution >= 4 is 23.3 Å². The first kappa shape index (κ1) is 8.92. The van der Waals surface area contributed by atoms with E-state index in [1.54, 1.807) is 30.8 Å². The van der Waals surface area contributed by atoms with Crippen LogP contribution in [0.1, 0.15) is 6.92 Å². The zero-order valence-corrected chi connectivity index (χ0v) is 8.93. The Labute approximate surface area is 91.4 Å². The third-order valence-electron chi connectivity index (χ3n) is 2.66. The van der Waals surface area contributed by atoms with E-state index in [-0.39, 0.29) is 16.8 Å². The number of thioether (sulfide) groups is 1. The molecule has 0 radical (unpaired) electrons. The van der Waals surface area contributed by atoms with Crippen molar-refractivity contribution in [2.75, 3.05) is 0 Å². The molecule has 3 aliphatic rings. The summed E-state index contributed by atoms with van der Waals surface area (Å²) < 4.78 is 0. The summed E-state index contributed by atoms with van der Waals surface area (Å²) in [6.45, 7) is 1.56. The second kappa shape index (κ2) is 2.83. The molecule has 0 spiro atoms. The fourth-order valence-electron chi connectivity index (χ4n) is 1.96. The van der Waals surface area contributed by atoms with E-state index in [0.717, 1.165) is 16.7 Å². The summed E-state index contributed by atoms with van der Waals surface area (Å²) in [6.07, 6.45) is 7.05. The number of fused-ring (bicyclic) bond motifs is 2. The van der Waals surface area contributed by atoms with Gasteiger partial charge in [-0.15, -0.1) is 11.8 Å². The monoisotopic (exact) mass is 216 g/mol. The van der Waals surface area contributed by atoms with Crippen molar-refractivity contribution in [1.82, 2.24) is 0 Å². The number of carbonyl (C=O) groups is 2. The van der Waals surface area contributed by atoms with Crippen molar-refractivity contribution in [2.45, 2.75) is 12.2 Å². The van der Waals surface area contributed by atoms with Crippen LogP contribution in [0.4, 0.5) is 0 Å². The quantitative estimate of drug-likeness (QED) is 0.672. The molecule has 1 heterocycles. The van der Waals surface area contributed by atoms with Gasteiger partial charge in [-0.2, -0.15) is 0 Å². The number of rotatable bonds is 1. The zero-order chi connectivity index (χ0) is 10.6. The van der Waals surface area contributed by atoms with Gasteiger partial charge in [0.2, 0.25) is 0 Å². The van der Waals surface area contributed by atoms with Crippen molar-refractivity contribution in [1.29, 1.82) is 0 Å². The maximum Gasteiger partial charge on any atom is 0.178 e. The lowest BCUT2D eigenvalue weighted by Crippen LogP contribution is -2.18. The molecule has 0 saturated heterocycles. The summed E-state index contributed by atoms with van der Waals surface area (Å²) in [6, 6.07) is 0. The number of carbonyl (C=O) groups excluding carboxylic acids is 2. The number of ketones is 2. The Morgan fingerprint density at radius 1 is 1.40 bits per heavy atom. The highest BCUT2D eigenvalue weighted by Crippen LogP contribution is 2.52. The Kier molecular flexibility index (Phi) is 1.68. The lowest BCUT2D eigenvalue weighted by molar-refractivity contribution is -0.113. The first-order chi connectivity index (χ1) is 7.16. The van der Waals surface area contributed by atoms with Crippen LogP contribution in [0, 0.1) is 0 Å². The normalized spacial score (nSPS) is 26.7. The largest absolute Gasteiger partial charge is 0.294 e. The van der Waals surface area contributed by atoms with Crippen molar-refractivity contribution in [3.8, 4) is 0 Å². The van der Waals surface area contributed by atoms with Crippen LogP contribution in [0.2, 0.25) is 0 Å². The zero-order valence-electron chi connectivity index (χ0n) is 8.11. The molecule has 0 saturated carbocycles. The van der Waals surface area contributed by atoms with Gasteiger partial charge in [-0.1, -0.05) is 6.08 Å². The topological polar surface area (TPSA) is 34.1 Å². The van der Waals surface area contributed by atoms with Crippen LogP contribution in [0.25, 0.3) is 0 Å². The first-order valence-corrected chi connectivity index (χ1v) is 5.63. The van der Waals surface area contributed by atoms with Gasteiger partial charge in [-0.25, -0.2) is 0 Å². The Bertz CT molecular complexity index is 518. The molecule has 15 heavy (non-hydrogen) atoms. The SMILES string of the molecule is CC(=O)C1=C2C=C2SC2C=CC(=O)C=C12. The van der Waals surface area contributed by atoms with Crippen LogP contribution >= 0.6 is 11.8 Å². The van der Waals surface area contributed by atoms with E-state index >= 15 is 0 Å². The minimum atomic E-state index is -0.0229. The molecule has 3 heteroatoms. The Morgan fingerprint density at radius 2 is 2.20 bits per heavy atom. The van der Waals surface area contributed by atoms with Gasteiger partial charge in [-0.05, 0) is 30.7 Å². The van der Waals surface area contributed by atoms with Crippen molar-refractivity contribution < 1.29 is 9.59 Å². The summed E-state index contributed by atoms with van der Waals surface area (Å²) in [7, 11) is 0. The van der Waals surface area contributed by atoms with Gasteiger partial charge < -0.3 is 0 Å². The van der Waals surface area contributed by atoms with Crippen molar-refractivity contribution in [3.05, 3.63) is 45.9 Å². The van der Waals surface area contributed by atoms with Gasteiger partial charge in [0, 0.05) is 16.1 Å². The average molecular weight is 216 g/mol. The number of allylic oxidation sites excluding steroid dienone is 5. The molecule has 74 valence electrons. The summed E-state index contributed by atoms with van der Waals surface area (Å²) in [5.41, 5.74) is 2.66. The van der Waals surface area contributed by atoms with E-state index < -0.39 is 0 Å². The fraction of sp³-hybridized carbons (Fsp3) is 0.167. The first-order valence-electron chi connectivity index (χ1n) is 4.75. The smallest absolute Gasteiger partial charge is 0.178 e. The molecule has 0 aromatic heterocycles. The molecule has 0 fully saturated rings. The maximum atomic E-state index is 11.5. The highest BCUT2D eigenvalue weighted by molar-refractivity contribution is 8.04. The third kappa shape index (κ3) is 1.27. The molecule has 1 unspecified atom stereocenters. The molecular weight excluding hydrogens is 208 g/mol. The van der Waals surface area contributed by atoms with Crippen LogP contribution in [0.15, 0.2) is 45.9 Å². The second-order valence-electron chi connectivity index (χ2n) is 3.75. The fourth-order valence-corrected chi connectivity index (χ4v) is 3.12. The van der Waals surface area contributed by atoms with E-state index in [0.29, 0.717) is 0 Å². The van der Waals surface area contributed by atoms with Gasteiger partial charge in [0.15, 0.2) is 11.6 Å². The summed E-state index contributed by atoms with van der Waals surface area (Å²) in [5, 5.41) is 0.152. The molecule has 0 aromatic rings. The maximum absolute atomic E-state index is 11.5. The molecule has 1 aliphatic heterocycles. The van der Waals surface area contributed by atoms with E-state index in [9.17, 15) is 9.59 Å². The Morgan fingerprint density at radius 3 is 2.93 bits per heavy atom. The van der Waals surface area contributed by atoms with Crippen LogP contribution in [-0.4, -0.2) is 16.8 Å². The van der Waals surface area contributed by atoms with Crippen LogP contribution < -0.4 is 0 Å². The average Bonchev–Trinajstić information content (AvgIpc) is 2.91. The Balaban J connectivity index is 2.14. The predicted octanol–water partition coefficient (Wildman–Crippen LogP) is 1.95. The summed E-state index contributed by atoms with van der Waals surface area (Å²) >= 11 is 1.71. The molecule has 2 aliphatic carbocycles. The second-order valence-corrected chi connectivity index (χ2v) is 4.94. The number of hydrogen-bond donors (Lipinski definition) is 0. The van der Waals surface area contributed by atoms with Crippen LogP contribution in [0.5, 0.6) is 0 Å².